The highest BCUT2D eigenvalue weighted by Gasteiger charge is 2.17. The lowest BCUT2D eigenvalue weighted by molar-refractivity contribution is -0.114. The lowest BCUT2D eigenvalue weighted by Gasteiger charge is -2.16. The molecule has 0 bridgehead atoms. The molecule has 0 fully saturated rings. The Balaban J connectivity index is 1.69. The quantitative estimate of drug-likeness (QED) is 0.476. The second-order valence-corrected chi connectivity index (χ2v) is 9.61. The second-order valence-electron chi connectivity index (χ2n) is 7.93. The van der Waals surface area contributed by atoms with Gasteiger partial charge in [-0.15, -0.1) is 0 Å². The van der Waals surface area contributed by atoms with E-state index >= 15 is 0 Å². The molecule has 0 spiro atoms. The molecule has 8 heteroatoms. The van der Waals surface area contributed by atoms with Gasteiger partial charge in [-0.3, -0.25) is 14.3 Å². The van der Waals surface area contributed by atoms with E-state index in [0.29, 0.717) is 16.9 Å². The van der Waals surface area contributed by atoms with Crippen molar-refractivity contribution in [3.05, 3.63) is 89.0 Å². The number of aryl methyl sites for hydroxylation is 2. The highest BCUT2D eigenvalue weighted by atomic mass is 32.2. The van der Waals surface area contributed by atoms with Gasteiger partial charge >= 0.3 is 0 Å². The van der Waals surface area contributed by atoms with Crippen LogP contribution in [0, 0.1) is 13.8 Å². The van der Waals surface area contributed by atoms with Crippen LogP contribution in [-0.2, 0) is 14.8 Å². The molecule has 3 aromatic rings. The molecule has 1 atom stereocenters. The Morgan fingerprint density at radius 3 is 2.18 bits per heavy atom. The smallest absolute Gasteiger partial charge is 0.261 e. The van der Waals surface area contributed by atoms with E-state index in [-0.39, 0.29) is 22.8 Å². The lowest BCUT2D eigenvalue weighted by Crippen LogP contribution is -2.26. The van der Waals surface area contributed by atoms with Crippen molar-refractivity contribution in [3.8, 4) is 0 Å². The number of anilines is 2. The van der Waals surface area contributed by atoms with Gasteiger partial charge in [0.2, 0.25) is 5.91 Å². The van der Waals surface area contributed by atoms with Crippen LogP contribution in [0.4, 0.5) is 11.4 Å². The summed E-state index contributed by atoms with van der Waals surface area (Å²) in [5.74, 6) is -0.510. The fourth-order valence-corrected chi connectivity index (χ4v) is 4.31. The van der Waals surface area contributed by atoms with Crippen LogP contribution in [0.2, 0.25) is 0 Å². The van der Waals surface area contributed by atoms with Gasteiger partial charge in [0.05, 0.1) is 10.9 Å². The maximum absolute atomic E-state index is 12.7. The first-order valence-corrected chi connectivity index (χ1v) is 11.9. The first-order chi connectivity index (χ1) is 15.5. The van der Waals surface area contributed by atoms with Gasteiger partial charge in [-0.05, 0) is 86.0 Å². The van der Waals surface area contributed by atoms with Crippen molar-refractivity contribution in [1.82, 2.24) is 5.32 Å². The maximum Gasteiger partial charge on any atom is 0.261 e. The van der Waals surface area contributed by atoms with Crippen molar-refractivity contribution in [2.75, 3.05) is 10.0 Å². The molecule has 0 heterocycles. The van der Waals surface area contributed by atoms with Gasteiger partial charge in [0.1, 0.15) is 0 Å². The van der Waals surface area contributed by atoms with E-state index in [4.69, 9.17) is 0 Å². The van der Waals surface area contributed by atoms with Crippen molar-refractivity contribution in [2.45, 2.75) is 38.6 Å². The number of benzene rings is 3. The molecule has 7 nitrogen and oxygen atoms in total. The van der Waals surface area contributed by atoms with Crippen LogP contribution in [0.1, 0.15) is 46.9 Å². The minimum atomic E-state index is -3.78. The zero-order chi connectivity index (χ0) is 24.2. The SMILES string of the molecule is CC(=O)Nc1cccc(C(C)NC(=O)c2ccc(S(=O)(=O)Nc3ccc(C)c(C)c3)cc2)c1. The molecular formula is C25H27N3O4S. The van der Waals surface area contributed by atoms with Crippen molar-refractivity contribution >= 4 is 33.2 Å². The molecule has 33 heavy (non-hydrogen) atoms. The Kier molecular flexibility index (Phi) is 7.18. The summed E-state index contributed by atoms with van der Waals surface area (Å²) in [4.78, 5) is 24.0. The molecule has 172 valence electrons. The summed E-state index contributed by atoms with van der Waals surface area (Å²) >= 11 is 0. The van der Waals surface area contributed by atoms with Crippen molar-refractivity contribution in [1.29, 1.82) is 0 Å². The first kappa shape index (κ1) is 24.0. The molecule has 3 rings (SSSR count). The molecule has 0 saturated carbocycles. The molecule has 2 amide bonds. The van der Waals surface area contributed by atoms with E-state index in [0.717, 1.165) is 16.7 Å². The summed E-state index contributed by atoms with van der Waals surface area (Å²) in [6.07, 6.45) is 0. The third-order valence-electron chi connectivity index (χ3n) is 5.24. The highest BCUT2D eigenvalue weighted by Crippen LogP contribution is 2.21. The number of amides is 2. The normalized spacial score (nSPS) is 12.0. The second kappa shape index (κ2) is 9.87. The average Bonchev–Trinajstić information content (AvgIpc) is 2.76. The van der Waals surface area contributed by atoms with E-state index < -0.39 is 10.0 Å². The number of hydrogen-bond acceptors (Lipinski definition) is 4. The fraction of sp³-hybridized carbons (Fsp3) is 0.200. The van der Waals surface area contributed by atoms with E-state index in [1.165, 1.54) is 31.2 Å². The molecule has 0 saturated heterocycles. The number of sulfonamides is 1. The van der Waals surface area contributed by atoms with Crippen molar-refractivity contribution < 1.29 is 18.0 Å². The summed E-state index contributed by atoms with van der Waals surface area (Å²) in [7, 11) is -3.78. The largest absolute Gasteiger partial charge is 0.346 e. The Morgan fingerprint density at radius 1 is 0.848 bits per heavy atom. The number of hydrogen-bond donors (Lipinski definition) is 3. The standard InChI is InChI=1S/C25H27N3O4S/c1-16-8-11-23(14-17(16)2)28-33(31,32)24-12-9-20(10-13-24)25(30)26-18(3)21-6-5-7-22(15-21)27-19(4)29/h5-15,18,28H,1-4H3,(H,26,30)(H,27,29). The van der Waals surface area contributed by atoms with Crippen LogP contribution in [-0.4, -0.2) is 20.2 Å². The maximum atomic E-state index is 12.7. The lowest BCUT2D eigenvalue weighted by atomic mass is 10.1. The zero-order valence-corrected chi connectivity index (χ0v) is 19.8. The van der Waals surface area contributed by atoms with Gasteiger partial charge in [-0.25, -0.2) is 8.42 Å². The molecule has 3 aromatic carbocycles. The highest BCUT2D eigenvalue weighted by molar-refractivity contribution is 7.92. The Labute approximate surface area is 194 Å². The monoisotopic (exact) mass is 465 g/mol. The van der Waals surface area contributed by atoms with Crippen LogP contribution < -0.4 is 15.4 Å². The van der Waals surface area contributed by atoms with Gasteiger partial charge in [0.15, 0.2) is 0 Å². The molecule has 1 unspecified atom stereocenters. The summed E-state index contributed by atoms with van der Waals surface area (Å²) in [6.45, 7) is 7.13. The van der Waals surface area contributed by atoms with E-state index in [1.54, 1.807) is 30.3 Å². The van der Waals surface area contributed by atoms with Crippen LogP contribution in [0.15, 0.2) is 71.6 Å². The predicted octanol–water partition coefficient (Wildman–Crippen LogP) is 4.55. The molecular weight excluding hydrogens is 438 g/mol. The number of carbonyl (C=O) groups excluding carboxylic acids is 2. The number of rotatable bonds is 7. The minimum Gasteiger partial charge on any atom is -0.346 e. The van der Waals surface area contributed by atoms with E-state index in [2.05, 4.69) is 15.4 Å². The van der Waals surface area contributed by atoms with E-state index in [9.17, 15) is 18.0 Å². The topological polar surface area (TPSA) is 104 Å². The molecule has 0 radical (unpaired) electrons. The van der Waals surface area contributed by atoms with Crippen LogP contribution in [0.3, 0.4) is 0 Å². The van der Waals surface area contributed by atoms with E-state index in [1.807, 2.05) is 32.9 Å². The number of carbonyl (C=O) groups is 2. The summed E-state index contributed by atoms with van der Waals surface area (Å²) < 4.78 is 28.0. The third kappa shape index (κ3) is 6.20. The Hall–Kier alpha value is -3.65. The summed E-state index contributed by atoms with van der Waals surface area (Å²) in [5, 5.41) is 5.60. The molecule has 0 aliphatic carbocycles. The Morgan fingerprint density at radius 2 is 1.55 bits per heavy atom. The zero-order valence-electron chi connectivity index (χ0n) is 19.0. The summed E-state index contributed by atoms with van der Waals surface area (Å²) in [5.41, 5.74) is 4.35. The van der Waals surface area contributed by atoms with Gasteiger partial charge in [-0.2, -0.15) is 0 Å². The van der Waals surface area contributed by atoms with Gasteiger partial charge in [0, 0.05) is 23.9 Å². The van der Waals surface area contributed by atoms with Crippen LogP contribution >= 0.6 is 0 Å². The van der Waals surface area contributed by atoms with Gasteiger partial charge in [0.25, 0.3) is 15.9 Å². The van der Waals surface area contributed by atoms with Gasteiger partial charge < -0.3 is 10.6 Å². The van der Waals surface area contributed by atoms with Crippen molar-refractivity contribution in [2.24, 2.45) is 0 Å². The fourth-order valence-electron chi connectivity index (χ4n) is 3.26. The molecule has 0 aliphatic rings. The molecule has 0 aromatic heterocycles. The average molecular weight is 466 g/mol. The minimum absolute atomic E-state index is 0.0633. The number of nitrogens with one attached hydrogen (secondary N) is 3. The third-order valence-corrected chi connectivity index (χ3v) is 6.64. The predicted molar refractivity (Wildman–Crippen MR) is 130 cm³/mol. The first-order valence-electron chi connectivity index (χ1n) is 10.4. The van der Waals surface area contributed by atoms with Crippen molar-refractivity contribution in [3.63, 3.8) is 0 Å². The summed E-state index contributed by atoms with van der Waals surface area (Å²) in [6, 6.07) is 18.0. The molecule has 3 N–H and O–H groups in total. The Bertz CT molecular complexity index is 1290. The molecule has 0 aliphatic heterocycles. The van der Waals surface area contributed by atoms with Gasteiger partial charge in [-0.1, -0.05) is 18.2 Å². The van der Waals surface area contributed by atoms with Crippen LogP contribution in [0.25, 0.3) is 0 Å². The van der Waals surface area contributed by atoms with Crippen LogP contribution in [0.5, 0.6) is 0 Å².